The molecule has 1 aromatic carbocycles. The molecule has 1 aliphatic carbocycles. The zero-order valence-corrected chi connectivity index (χ0v) is 19.3. The van der Waals surface area contributed by atoms with Gasteiger partial charge in [0.2, 0.25) is 0 Å². The average Bonchev–Trinajstić information content (AvgIpc) is 3.21. The van der Waals surface area contributed by atoms with Crippen molar-refractivity contribution in [1.29, 1.82) is 0 Å². The van der Waals surface area contributed by atoms with Gasteiger partial charge in [0, 0.05) is 43.2 Å². The van der Waals surface area contributed by atoms with Crippen LogP contribution in [-0.4, -0.2) is 38.2 Å². The van der Waals surface area contributed by atoms with Crippen LogP contribution in [0.5, 0.6) is 0 Å². The quantitative estimate of drug-likeness (QED) is 0.351. The highest BCUT2D eigenvalue weighted by Gasteiger charge is 2.39. The minimum atomic E-state index is 0. The number of aliphatic imine (C=N–C) groups is 1. The number of halogens is 2. The lowest BCUT2D eigenvalue weighted by Gasteiger charge is -2.33. The second-order valence-corrected chi connectivity index (χ2v) is 8.44. The van der Waals surface area contributed by atoms with Gasteiger partial charge in [0.15, 0.2) is 5.96 Å². The Morgan fingerprint density at radius 2 is 2.00 bits per heavy atom. The van der Waals surface area contributed by atoms with Gasteiger partial charge in [-0.15, -0.1) is 35.3 Å². The van der Waals surface area contributed by atoms with E-state index in [9.17, 15) is 0 Å². The van der Waals surface area contributed by atoms with E-state index >= 15 is 0 Å². The molecule has 4 rings (SSSR count). The van der Waals surface area contributed by atoms with Gasteiger partial charge in [-0.25, -0.2) is 0 Å². The number of hydrogen-bond acceptors (Lipinski definition) is 3. The summed E-state index contributed by atoms with van der Waals surface area (Å²) in [4.78, 5) is 6.91. The molecule has 2 atom stereocenters. The normalized spacial score (nSPS) is 22.9. The minimum Gasteiger partial charge on any atom is -0.363 e. The second-order valence-electron chi connectivity index (χ2n) is 7.08. The van der Waals surface area contributed by atoms with E-state index in [0.29, 0.717) is 18.0 Å². The summed E-state index contributed by atoms with van der Waals surface area (Å²) < 4.78 is 0. The van der Waals surface area contributed by atoms with E-state index in [2.05, 4.69) is 50.2 Å². The number of nitrogens with one attached hydrogen (secondary N) is 2. The molecule has 7 heteroatoms. The summed E-state index contributed by atoms with van der Waals surface area (Å²) in [5.74, 6) is 1.46. The lowest BCUT2D eigenvalue weighted by molar-refractivity contribution is 0.462. The molecule has 2 heterocycles. The van der Waals surface area contributed by atoms with Gasteiger partial charge in [-0.1, -0.05) is 23.7 Å². The van der Waals surface area contributed by atoms with E-state index in [4.69, 9.17) is 11.6 Å². The van der Waals surface area contributed by atoms with Crippen molar-refractivity contribution in [3.05, 3.63) is 52.4 Å². The standard InChI is InChI=1S/C20H25ClN4S.HI/c1-22-20(24-18-13-17(18)14-4-2-5-15(21)12-14)23-16-7-9-25(10-8-16)19-6-3-11-26-19;/h2-6,11-12,16-18H,7-10,13H2,1H3,(H2,22,23,24);1H. The summed E-state index contributed by atoms with van der Waals surface area (Å²) >= 11 is 7.94. The highest BCUT2D eigenvalue weighted by molar-refractivity contribution is 14.0. The fourth-order valence-electron chi connectivity index (χ4n) is 3.69. The Bertz CT molecular complexity index is 759. The van der Waals surface area contributed by atoms with Crippen LogP contribution in [-0.2, 0) is 0 Å². The molecule has 0 spiro atoms. The molecule has 2 unspecified atom stereocenters. The van der Waals surface area contributed by atoms with Crippen molar-refractivity contribution in [3.8, 4) is 0 Å². The summed E-state index contributed by atoms with van der Waals surface area (Å²) in [6.07, 6.45) is 3.42. The van der Waals surface area contributed by atoms with Crippen LogP contribution in [0, 0.1) is 0 Å². The van der Waals surface area contributed by atoms with Crippen molar-refractivity contribution in [2.45, 2.75) is 37.3 Å². The molecule has 4 nitrogen and oxygen atoms in total. The molecule has 2 N–H and O–H groups in total. The van der Waals surface area contributed by atoms with E-state index in [1.165, 1.54) is 10.6 Å². The van der Waals surface area contributed by atoms with Gasteiger partial charge in [0.05, 0.1) is 5.00 Å². The van der Waals surface area contributed by atoms with Gasteiger partial charge in [0.25, 0.3) is 0 Å². The fraction of sp³-hybridized carbons (Fsp3) is 0.450. The molecule has 0 bridgehead atoms. The first kappa shape index (κ1) is 20.7. The zero-order valence-electron chi connectivity index (χ0n) is 15.4. The third-order valence-electron chi connectivity index (χ3n) is 5.27. The summed E-state index contributed by atoms with van der Waals surface area (Å²) in [6.45, 7) is 2.20. The summed E-state index contributed by atoms with van der Waals surface area (Å²) in [5.41, 5.74) is 1.31. The Hall–Kier alpha value is -0.990. The number of piperidine rings is 1. The van der Waals surface area contributed by atoms with Crippen LogP contribution >= 0.6 is 46.9 Å². The van der Waals surface area contributed by atoms with Crippen LogP contribution in [0.4, 0.5) is 5.00 Å². The SMILES string of the molecule is CN=C(NC1CCN(c2cccs2)CC1)NC1CC1c1cccc(Cl)c1.I. The Labute approximate surface area is 187 Å². The molecule has 1 aromatic heterocycles. The Kier molecular flexibility index (Phi) is 7.28. The molecule has 1 aliphatic heterocycles. The smallest absolute Gasteiger partial charge is 0.191 e. The number of rotatable bonds is 4. The largest absolute Gasteiger partial charge is 0.363 e. The number of nitrogens with zero attached hydrogens (tertiary/aromatic N) is 2. The predicted molar refractivity (Wildman–Crippen MR) is 127 cm³/mol. The molecule has 146 valence electrons. The van der Waals surface area contributed by atoms with Crippen molar-refractivity contribution >= 4 is 57.9 Å². The molecule has 1 saturated carbocycles. The Morgan fingerprint density at radius 3 is 2.67 bits per heavy atom. The van der Waals surface area contributed by atoms with Crippen molar-refractivity contribution in [1.82, 2.24) is 10.6 Å². The molecule has 2 aliphatic rings. The molecule has 27 heavy (non-hydrogen) atoms. The maximum Gasteiger partial charge on any atom is 0.191 e. The van der Waals surface area contributed by atoms with Crippen LogP contribution in [0.1, 0.15) is 30.7 Å². The summed E-state index contributed by atoms with van der Waals surface area (Å²) in [5, 5.41) is 11.5. The van der Waals surface area contributed by atoms with Crippen LogP contribution in [0.2, 0.25) is 5.02 Å². The molecule has 1 saturated heterocycles. The highest BCUT2D eigenvalue weighted by Crippen LogP contribution is 2.41. The number of anilines is 1. The average molecular weight is 517 g/mol. The van der Waals surface area contributed by atoms with E-state index in [0.717, 1.165) is 43.3 Å². The lowest BCUT2D eigenvalue weighted by Crippen LogP contribution is -2.49. The van der Waals surface area contributed by atoms with Crippen molar-refractivity contribution in [3.63, 3.8) is 0 Å². The van der Waals surface area contributed by atoms with Gasteiger partial charge >= 0.3 is 0 Å². The monoisotopic (exact) mass is 516 g/mol. The van der Waals surface area contributed by atoms with E-state index in [-0.39, 0.29) is 24.0 Å². The third-order valence-corrected chi connectivity index (χ3v) is 6.43. The number of guanidine groups is 1. The molecule has 0 amide bonds. The highest BCUT2D eigenvalue weighted by atomic mass is 127. The maximum absolute atomic E-state index is 6.12. The fourth-order valence-corrected chi connectivity index (χ4v) is 4.68. The lowest BCUT2D eigenvalue weighted by atomic mass is 10.1. The maximum atomic E-state index is 6.12. The van der Waals surface area contributed by atoms with Gasteiger partial charge < -0.3 is 15.5 Å². The van der Waals surface area contributed by atoms with E-state index < -0.39 is 0 Å². The van der Waals surface area contributed by atoms with Gasteiger partial charge in [-0.05, 0) is 54.5 Å². The topological polar surface area (TPSA) is 39.7 Å². The zero-order chi connectivity index (χ0) is 17.9. The van der Waals surface area contributed by atoms with Gasteiger partial charge in [-0.2, -0.15) is 0 Å². The first-order chi connectivity index (χ1) is 12.7. The Morgan fingerprint density at radius 1 is 1.19 bits per heavy atom. The van der Waals surface area contributed by atoms with Gasteiger partial charge in [0.1, 0.15) is 0 Å². The van der Waals surface area contributed by atoms with E-state index in [1.807, 2.05) is 30.5 Å². The molecule has 0 radical (unpaired) electrons. The first-order valence-corrected chi connectivity index (χ1v) is 10.5. The van der Waals surface area contributed by atoms with Crippen molar-refractivity contribution < 1.29 is 0 Å². The predicted octanol–water partition coefficient (Wildman–Crippen LogP) is 4.71. The Balaban J connectivity index is 0.00000210. The molecular weight excluding hydrogens is 491 g/mol. The third kappa shape index (κ3) is 5.29. The van der Waals surface area contributed by atoms with Crippen molar-refractivity contribution in [2.24, 2.45) is 4.99 Å². The summed E-state index contributed by atoms with van der Waals surface area (Å²) in [6, 6.07) is 13.5. The molecule has 2 fully saturated rings. The van der Waals surface area contributed by atoms with Gasteiger partial charge in [-0.3, -0.25) is 4.99 Å². The van der Waals surface area contributed by atoms with Crippen LogP contribution in [0.3, 0.4) is 0 Å². The van der Waals surface area contributed by atoms with Crippen molar-refractivity contribution in [2.75, 3.05) is 25.0 Å². The second kappa shape index (κ2) is 9.47. The first-order valence-electron chi connectivity index (χ1n) is 9.26. The molecule has 2 aromatic rings. The number of hydrogen-bond donors (Lipinski definition) is 2. The molecular formula is C20H26ClIN4S. The summed E-state index contributed by atoms with van der Waals surface area (Å²) in [7, 11) is 1.85. The van der Waals surface area contributed by atoms with Crippen LogP contribution < -0.4 is 15.5 Å². The van der Waals surface area contributed by atoms with E-state index in [1.54, 1.807) is 0 Å². The van der Waals surface area contributed by atoms with Crippen LogP contribution in [0.25, 0.3) is 0 Å². The minimum absolute atomic E-state index is 0. The number of benzene rings is 1. The number of thiophene rings is 1. The van der Waals surface area contributed by atoms with Crippen LogP contribution in [0.15, 0.2) is 46.8 Å².